The summed E-state index contributed by atoms with van der Waals surface area (Å²) in [5.74, 6) is -7.07. The summed E-state index contributed by atoms with van der Waals surface area (Å²) in [4.78, 5) is 46.8. The van der Waals surface area contributed by atoms with Gasteiger partial charge in [0.1, 0.15) is 17.9 Å². The molecule has 208 valence electrons. The topological polar surface area (TPSA) is 82.6 Å². The van der Waals surface area contributed by atoms with Gasteiger partial charge in [-0.3, -0.25) is 24.2 Å². The SMILES string of the molecule is O=C(NC1CC(F)(F)C1)[C@H](c1ccccc1Cl)N(C(=O)[C@@H]1CCC(=O)N1c1ncccc1F)c1cccc(F)c1. The first kappa shape index (κ1) is 27.6. The summed E-state index contributed by atoms with van der Waals surface area (Å²) in [7, 11) is 0. The van der Waals surface area contributed by atoms with Gasteiger partial charge in [-0.05, 0) is 42.8 Å². The standard InChI is InChI=1S/C28H23ClF4N4O3/c29-20-8-2-1-7-19(20)24(26(39)35-17-14-28(32,33)15-17)36(18-6-3-5-16(30)13-18)27(40)22-10-11-23(38)37(22)25-21(31)9-4-12-34-25/h1-9,12-13,17,22,24H,10-11,14-15H2,(H,35,39)/t22-,24-/m0/s1. The van der Waals surface area contributed by atoms with Crippen LogP contribution in [0, 0.1) is 11.6 Å². The molecule has 7 nitrogen and oxygen atoms in total. The molecule has 5 rings (SSSR count). The highest BCUT2D eigenvalue weighted by Gasteiger charge is 2.48. The second-order valence-corrected chi connectivity index (χ2v) is 10.1. The average molecular weight is 575 g/mol. The molecule has 0 radical (unpaired) electrons. The van der Waals surface area contributed by atoms with Gasteiger partial charge in [0.25, 0.3) is 11.8 Å². The van der Waals surface area contributed by atoms with Gasteiger partial charge in [0.15, 0.2) is 11.6 Å². The summed E-state index contributed by atoms with van der Waals surface area (Å²) < 4.78 is 56.3. The number of alkyl halides is 2. The molecule has 2 heterocycles. The Balaban J connectivity index is 1.61. The van der Waals surface area contributed by atoms with Crippen molar-refractivity contribution in [2.75, 3.05) is 9.80 Å². The van der Waals surface area contributed by atoms with Crippen LogP contribution in [0.1, 0.15) is 37.3 Å². The Kier molecular flexibility index (Phi) is 7.50. The minimum Gasteiger partial charge on any atom is -0.351 e. The normalized spacial score (nSPS) is 19.2. The Bertz CT molecular complexity index is 1460. The molecule has 12 heteroatoms. The molecular formula is C28H23ClF4N4O3. The quantitative estimate of drug-likeness (QED) is 0.394. The number of pyridine rings is 1. The molecule has 0 unspecified atom stereocenters. The molecule has 1 saturated heterocycles. The maximum Gasteiger partial charge on any atom is 0.252 e. The third-order valence-corrected chi connectivity index (χ3v) is 7.28. The summed E-state index contributed by atoms with van der Waals surface area (Å²) in [6, 6.07) is 9.74. The zero-order chi connectivity index (χ0) is 28.6. The van der Waals surface area contributed by atoms with Crippen LogP contribution in [-0.4, -0.2) is 40.7 Å². The Morgan fingerprint density at radius 2 is 1.82 bits per heavy atom. The molecule has 3 aromatic rings. The van der Waals surface area contributed by atoms with Crippen molar-refractivity contribution >= 4 is 40.8 Å². The number of nitrogens with zero attached hydrogens (tertiary/aromatic N) is 3. The number of anilines is 2. The fraction of sp³-hybridized carbons (Fsp3) is 0.286. The predicted octanol–water partition coefficient (Wildman–Crippen LogP) is 5.20. The van der Waals surface area contributed by atoms with Crippen molar-refractivity contribution in [1.29, 1.82) is 0 Å². The van der Waals surface area contributed by atoms with Crippen molar-refractivity contribution in [2.45, 2.75) is 49.7 Å². The molecule has 1 saturated carbocycles. The number of benzene rings is 2. The smallest absolute Gasteiger partial charge is 0.252 e. The van der Waals surface area contributed by atoms with E-state index in [9.17, 15) is 31.9 Å². The lowest BCUT2D eigenvalue weighted by Crippen LogP contribution is -2.56. The second kappa shape index (κ2) is 10.9. The Morgan fingerprint density at radius 1 is 1.07 bits per heavy atom. The first-order valence-electron chi connectivity index (χ1n) is 12.5. The van der Waals surface area contributed by atoms with Gasteiger partial charge in [-0.25, -0.2) is 22.5 Å². The van der Waals surface area contributed by atoms with E-state index in [0.29, 0.717) is 0 Å². The Hall–Kier alpha value is -3.99. The van der Waals surface area contributed by atoms with Gasteiger partial charge < -0.3 is 5.32 Å². The molecule has 0 bridgehead atoms. The third-order valence-electron chi connectivity index (χ3n) is 6.93. The fourth-order valence-corrected chi connectivity index (χ4v) is 5.30. The van der Waals surface area contributed by atoms with Crippen LogP contribution in [0.2, 0.25) is 5.02 Å². The zero-order valence-corrected chi connectivity index (χ0v) is 21.6. The van der Waals surface area contributed by atoms with Crippen molar-refractivity contribution in [3.8, 4) is 0 Å². The lowest BCUT2D eigenvalue weighted by Gasteiger charge is -2.39. The zero-order valence-electron chi connectivity index (χ0n) is 20.9. The number of halogens is 5. The van der Waals surface area contributed by atoms with Crippen LogP contribution in [0.3, 0.4) is 0 Å². The van der Waals surface area contributed by atoms with Gasteiger partial charge in [0.05, 0.1) is 0 Å². The van der Waals surface area contributed by atoms with Gasteiger partial charge in [-0.1, -0.05) is 35.9 Å². The van der Waals surface area contributed by atoms with Crippen molar-refractivity contribution < 1.29 is 31.9 Å². The predicted molar refractivity (Wildman–Crippen MR) is 139 cm³/mol. The van der Waals surface area contributed by atoms with E-state index in [1.165, 1.54) is 36.5 Å². The van der Waals surface area contributed by atoms with Crippen LogP contribution >= 0.6 is 11.6 Å². The lowest BCUT2D eigenvalue weighted by molar-refractivity contribution is -0.133. The number of hydrogen-bond donors (Lipinski definition) is 1. The van der Waals surface area contributed by atoms with Gasteiger partial charge >= 0.3 is 0 Å². The summed E-state index contributed by atoms with van der Waals surface area (Å²) in [6.07, 6.45) is -0.0312. The number of carbonyl (C=O) groups excluding carboxylic acids is 3. The first-order chi connectivity index (χ1) is 19.1. The molecule has 40 heavy (non-hydrogen) atoms. The molecule has 1 N–H and O–H groups in total. The first-order valence-corrected chi connectivity index (χ1v) is 12.9. The van der Waals surface area contributed by atoms with E-state index in [4.69, 9.17) is 11.6 Å². The summed E-state index contributed by atoms with van der Waals surface area (Å²) in [5, 5.41) is 2.64. The lowest BCUT2D eigenvalue weighted by atomic mass is 9.87. The molecule has 2 aliphatic rings. The van der Waals surface area contributed by atoms with Gasteiger partial charge in [0, 0.05) is 47.8 Å². The van der Waals surface area contributed by atoms with Crippen LogP contribution in [-0.2, 0) is 14.4 Å². The number of aromatic nitrogens is 1. The molecule has 2 fully saturated rings. The molecule has 2 aromatic carbocycles. The van der Waals surface area contributed by atoms with E-state index in [1.807, 2.05) is 0 Å². The van der Waals surface area contributed by atoms with E-state index in [2.05, 4.69) is 10.3 Å². The number of hydrogen-bond acceptors (Lipinski definition) is 4. The monoisotopic (exact) mass is 574 g/mol. The fourth-order valence-electron chi connectivity index (χ4n) is 5.07. The summed E-state index contributed by atoms with van der Waals surface area (Å²) in [5.41, 5.74) is 0.0926. The van der Waals surface area contributed by atoms with Crippen LogP contribution < -0.4 is 15.1 Å². The number of carbonyl (C=O) groups is 3. The highest BCUT2D eigenvalue weighted by molar-refractivity contribution is 6.31. The van der Waals surface area contributed by atoms with Crippen molar-refractivity contribution in [2.24, 2.45) is 0 Å². The van der Waals surface area contributed by atoms with Crippen LogP contribution in [0.4, 0.5) is 29.1 Å². The van der Waals surface area contributed by atoms with E-state index < -0.39 is 66.2 Å². The van der Waals surface area contributed by atoms with E-state index in [1.54, 1.807) is 12.1 Å². The molecule has 2 atom stereocenters. The second-order valence-electron chi connectivity index (χ2n) is 9.71. The van der Waals surface area contributed by atoms with E-state index >= 15 is 0 Å². The third kappa shape index (κ3) is 5.38. The number of rotatable bonds is 7. The van der Waals surface area contributed by atoms with E-state index in [-0.39, 0.29) is 34.9 Å². The number of amides is 3. The summed E-state index contributed by atoms with van der Waals surface area (Å²) in [6.45, 7) is 0. The minimum atomic E-state index is -2.92. The van der Waals surface area contributed by atoms with Crippen molar-refractivity contribution in [1.82, 2.24) is 10.3 Å². The maximum atomic E-state index is 14.7. The Morgan fingerprint density at radius 3 is 2.50 bits per heavy atom. The van der Waals surface area contributed by atoms with Gasteiger partial charge in [-0.15, -0.1) is 0 Å². The van der Waals surface area contributed by atoms with Gasteiger partial charge in [0.2, 0.25) is 11.8 Å². The Labute approximate surface area is 231 Å². The van der Waals surface area contributed by atoms with Crippen molar-refractivity contribution in [3.05, 3.63) is 89.1 Å². The molecule has 1 aliphatic carbocycles. The molecule has 1 aromatic heterocycles. The van der Waals surface area contributed by atoms with Crippen molar-refractivity contribution in [3.63, 3.8) is 0 Å². The molecule has 3 amide bonds. The number of nitrogens with one attached hydrogen (secondary N) is 1. The molecule has 0 spiro atoms. The molecular weight excluding hydrogens is 552 g/mol. The van der Waals surface area contributed by atoms with Crippen LogP contribution in [0.25, 0.3) is 0 Å². The highest BCUT2D eigenvalue weighted by atomic mass is 35.5. The highest BCUT2D eigenvalue weighted by Crippen LogP contribution is 2.40. The maximum absolute atomic E-state index is 14.7. The molecule has 1 aliphatic heterocycles. The summed E-state index contributed by atoms with van der Waals surface area (Å²) >= 11 is 6.45. The average Bonchev–Trinajstić information content (AvgIpc) is 3.27. The minimum absolute atomic E-state index is 0.0365. The van der Waals surface area contributed by atoms with E-state index in [0.717, 1.165) is 28.0 Å². The largest absolute Gasteiger partial charge is 0.351 e. The van der Waals surface area contributed by atoms with Gasteiger partial charge in [-0.2, -0.15) is 0 Å². The van der Waals surface area contributed by atoms with Crippen LogP contribution in [0.5, 0.6) is 0 Å². The van der Waals surface area contributed by atoms with Crippen LogP contribution in [0.15, 0.2) is 66.9 Å².